The Morgan fingerprint density at radius 1 is 1.18 bits per heavy atom. The zero-order valence-corrected chi connectivity index (χ0v) is 11.9. The fourth-order valence-corrected chi connectivity index (χ4v) is 2.41. The first kappa shape index (κ1) is 14.2. The molecule has 1 aliphatic rings. The predicted molar refractivity (Wildman–Crippen MR) is 76.6 cm³/mol. The highest BCUT2D eigenvalue weighted by molar-refractivity contribution is 5.26. The molecule has 0 atom stereocenters. The molecule has 1 nitrogen and oxygen atoms in total. The maximum Gasteiger partial charge on any atom is -0.00159 e. The van der Waals surface area contributed by atoms with E-state index in [1.807, 2.05) is 13.8 Å². The molecule has 0 aromatic heterocycles. The molecule has 96 valence electrons. The van der Waals surface area contributed by atoms with E-state index in [1.165, 1.54) is 31.5 Å². The van der Waals surface area contributed by atoms with Gasteiger partial charge in [-0.15, -0.1) is 0 Å². The highest BCUT2D eigenvalue weighted by Gasteiger charge is 2.17. The van der Waals surface area contributed by atoms with Gasteiger partial charge in [0.25, 0.3) is 0 Å². The number of hydrogen-bond donors (Lipinski definition) is 0. The topological polar surface area (TPSA) is 3.24 Å². The maximum atomic E-state index is 2.43. The van der Waals surface area contributed by atoms with Crippen LogP contribution in [0.25, 0.3) is 0 Å². The molecule has 1 saturated heterocycles. The van der Waals surface area contributed by atoms with Crippen LogP contribution < -0.4 is 0 Å². The summed E-state index contributed by atoms with van der Waals surface area (Å²) < 4.78 is 0. The molecule has 0 aliphatic carbocycles. The van der Waals surface area contributed by atoms with E-state index in [1.54, 1.807) is 5.56 Å². The summed E-state index contributed by atoms with van der Waals surface area (Å²) in [6.45, 7) is 8.73. The zero-order chi connectivity index (χ0) is 12.7. The number of aryl methyl sites for hydroxylation is 1. The summed E-state index contributed by atoms with van der Waals surface area (Å²) in [5, 5.41) is 0. The third-order valence-corrected chi connectivity index (χ3v) is 3.55. The predicted octanol–water partition coefficient (Wildman–Crippen LogP) is 4.08. The molecule has 17 heavy (non-hydrogen) atoms. The molecule has 2 rings (SSSR count). The van der Waals surface area contributed by atoms with Crippen LogP contribution >= 0.6 is 0 Å². The van der Waals surface area contributed by atoms with Crippen molar-refractivity contribution in [3.05, 3.63) is 35.4 Å². The lowest BCUT2D eigenvalue weighted by Crippen LogP contribution is -2.29. The van der Waals surface area contributed by atoms with E-state index < -0.39 is 0 Å². The number of likely N-dealkylation sites (tertiary alicyclic amines) is 1. The summed E-state index contributed by atoms with van der Waals surface area (Å²) in [6, 6.07) is 9.15. The number of hydrogen-bond acceptors (Lipinski definition) is 1. The van der Waals surface area contributed by atoms with Gasteiger partial charge in [-0.1, -0.05) is 45.0 Å². The molecule has 0 N–H and O–H groups in total. The Balaban J connectivity index is 0.000000686. The van der Waals surface area contributed by atoms with Gasteiger partial charge in [0, 0.05) is 0 Å². The van der Waals surface area contributed by atoms with Crippen LogP contribution in [0.4, 0.5) is 0 Å². The van der Waals surface area contributed by atoms with Gasteiger partial charge in [-0.2, -0.15) is 0 Å². The summed E-state index contributed by atoms with van der Waals surface area (Å²) in [7, 11) is 2.22. The quantitative estimate of drug-likeness (QED) is 0.744. The van der Waals surface area contributed by atoms with Crippen molar-refractivity contribution >= 4 is 0 Å². The molecule has 1 fully saturated rings. The minimum Gasteiger partial charge on any atom is -0.306 e. The Hall–Kier alpha value is -0.820. The molecule has 0 saturated carbocycles. The van der Waals surface area contributed by atoms with Gasteiger partial charge in [0.2, 0.25) is 0 Å². The van der Waals surface area contributed by atoms with Gasteiger partial charge < -0.3 is 4.90 Å². The molecule has 1 heterocycles. The maximum absolute atomic E-state index is 2.43. The smallest absolute Gasteiger partial charge is 0.00159 e. The molecular formula is C16H27N. The van der Waals surface area contributed by atoms with Crippen LogP contribution in [0.1, 0.15) is 50.7 Å². The average molecular weight is 233 g/mol. The molecule has 1 aromatic carbocycles. The van der Waals surface area contributed by atoms with Crippen molar-refractivity contribution in [2.45, 2.75) is 46.0 Å². The van der Waals surface area contributed by atoms with Crippen LogP contribution in [-0.4, -0.2) is 25.0 Å². The average Bonchev–Trinajstić information content (AvgIpc) is 2.42. The number of rotatable bonds is 2. The summed E-state index contributed by atoms with van der Waals surface area (Å²) >= 11 is 0. The van der Waals surface area contributed by atoms with Crippen molar-refractivity contribution in [1.29, 1.82) is 0 Å². The summed E-state index contributed by atoms with van der Waals surface area (Å²) in [4.78, 5) is 2.43. The lowest BCUT2D eigenvalue weighted by molar-refractivity contribution is 0.255. The highest BCUT2D eigenvalue weighted by Crippen LogP contribution is 2.27. The van der Waals surface area contributed by atoms with Gasteiger partial charge in [-0.25, -0.2) is 0 Å². The second-order valence-corrected chi connectivity index (χ2v) is 4.68. The number of nitrogens with zero attached hydrogens (tertiary/aromatic N) is 1. The van der Waals surface area contributed by atoms with Crippen molar-refractivity contribution in [3.8, 4) is 0 Å². The van der Waals surface area contributed by atoms with Crippen molar-refractivity contribution in [3.63, 3.8) is 0 Å². The first-order valence-electron chi connectivity index (χ1n) is 7.07. The fraction of sp³-hybridized carbons (Fsp3) is 0.625. The largest absolute Gasteiger partial charge is 0.306 e. The van der Waals surface area contributed by atoms with Crippen LogP contribution in [-0.2, 0) is 6.42 Å². The Bertz CT molecular complexity index is 311. The lowest BCUT2D eigenvalue weighted by Gasteiger charge is -2.29. The van der Waals surface area contributed by atoms with Crippen molar-refractivity contribution < 1.29 is 0 Å². The lowest BCUT2D eigenvalue weighted by atomic mass is 9.88. The van der Waals surface area contributed by atoms with Crippen molar-refractivity contribution in [2.75, 3.05) is 20.1 Å². The fourth-order valence-electron chi connectivity index (χ4n) is 2.41. The first-order valence-corrected chi connectivity index (χ1v) is 7.07. The van der Waals surface area contributed by atoms with E-state index >= 15 is 0 Å². The van der Waals surface area contributed by atoms with Crippen LogP contribution in [0.15, 0.2) is 24.3 Å². The van der Waals surface area contributed by atoms with Crippen molar-refractivity contribution in [2.24, 2.45) is 0 Å². The molecule has 0 amide bonds. The molecule has 0 radical (unpaired) electrons. The van der Waals surface area contributed by atoms with Crippen LogP contribution in [0.5, 0.6) is 0 Å². The SMILES string of the molecule is CC.CCc1cccc(C2CCN(C)CC2)c1. The number of benzene rings is 1. The molecule has 0 unspecified atom stereocenters. The monoisotopic (exact) mass is 233 g/mol. The minimum absolute atomic E-state index is 0.799. The number of piperidine rings is 1. The van der Waals surface area contributed by atoms with E-state index in [-0.39, 0.29) is 0 Å². The molecule has 0 spiro atoms. The molecular weight excluding hydrogens is 206 g/mol. The van der Waals surface area contributed by atoms with Gasteiger partial charge in [0.15, 0.2) is 0 Å². The van der Waals surface area contributed by atoms with Gasteiger partial charge in [0.05, 0.1) is 0 Å². The van der Waals surface area contributed by atoms with E-state index in [0.717, 1.165) is 12.3 Å². The van der Waals surface area contributed by atoms with E-state index in [9.17, 15) is 0 Å². The van der Waals surface area contributed by atoms with Gasteiger partial charge in [-0.3, -0.25) is 0 Å². The van der Waals surface area contributed by atoms with E-state index in [4.69, 9.17) is 0 Å². The van der Waals surface area contributed by atoms with Gasteiger partial charge in [-0.05, 0) is 56.4 Å². The summed E-state index contributed by atoms with van der Waals surface area (Å²) in [6.07, 6.45) is 3.80. The zero-order valence-electron chi connectivity index (χ0n) is 11.9. The van der Waals surface area contributed by atoms with Crippen LogP contribution in [0, 0.1) is 0 Å². The standard InChI is InChI=1S/C14H21N.C2H6/c1-3-12-5-4-6-14(11-12)13-7-9-15(2)10-8-13;1-2/h4-6,11,13H,3,7-10H2,1-2H3;1-2H3. The Morgan fingerprint density at radius 3 is 2.41 bits per heavy atom. The third-order valence-electron chi connectivity index (χ3n) is 3.55. The van der Waals surface area contributed by atoms with E-state index in [2.05, 4.69) is 43.1 Å². The van der Waals surface area contributed by atoms with Crippen molar-refractivity contribution in [1.82, 2.24) is 4.90 Å². The molecule has 1 aliphatic heterocycles. The van der Waals surface area contributed by atoms with Crippen LogP contribution in [0.2, 0.25) is 0 Å². The third kappa shape index (κ3) is 4.16. The summed E-state index contributed by atoms with van der Waals surface area (Å²) in [5.74, 6) is 0.799. The second-order valence-electron chi connectivity index (χ2n) is 4.68. The minimum atomic E-state index is 0.799. The van der Waals surface area contributed by atoms with Crippen LogP contribution in [0.3, 0.4) is 0 Å². The molecule has 0 bridgehead atoms. The second kappa shape index (κ2) is 7.50. The first-order chi connectivity index (χ1) is 8.29. The Labute approximate surface area is 107 Å². The van der Waals surface area contributed by atoms with Gasteiger partial charge >= 0.3 is 0 Å². The Morgan fingerprint density at radius 2 is 1.82 bits per heavy atom. The normalized spacial score (nSPS) is 17.4. The summed E-state index contributed by atoms with van der Waals surface area (Å²) in [5.41, 5.74) is 3.04. The van der Waals surface area contributed by atoms with E-state index in [0.29, 0.717) is 0 Å². The van der Waals surface area contributed by atoms with Gasteiger partial charge in [0.1, 0.15) is 0 Å². The highest BCUT2D eigenvalue weighted by atomic mass is 15.1. The molecule has 1 aromatic rings. The Kier molecular flexibility index (Phi) is 6.28. The molecule has 1 heteroatoms.